The summed E-state index contributed by atoms with van der Waals surface area (Å²) >= 11 is 0. The van der Waals surface area contributed by atoms with Gasteiger partial charge in [-0.2, -0.15) is 0 Å². The summed E-state index contributed by atoms with van der Waals surface area (Å²) in [4.78, 5) is 23.9. The molecular weight excluding hydrogens is 290 g/mol. The first kappa shape index (κ1) is 15.4. The van der Waals surface area contributed by atoms with Crippen LogP contribution >= 0.6 is 0 Å². The highest BCUT2D eigenvalue weighted by atomic mass is 16.6. The molecule has 0 amide bonds. The van der Waals surface area contributed by atoms with Gasteiger partial charge in [0, 0.05) is 11.3 Å². The number of carbonyl (C=O) groups excluding carboxylic acids is 1. The summed E-state index contributed by atoms with van der Waals surface area (Å²) in [7, 11) is 0. The maximum Gasteiger partial charge on any atom is 0.211 e. The van der Waals surface area contributed by atoms with Crippen LogP contribution in [0.3, 0.4) is 0 Å². The fraction of sp³-hybridized carbons (Fsp3) is 0.316. The van der Waals surface area contributed by atoms with Crippen molar-refractivity contribution < 1.29 is 9.72 Å². The zero-order chi connectivity index (χ0) is 16.3. The van der Waals surface area contributed by atoms with Crippen LogP contribution in [0.2, 0.25) is 0 Å². The van der Waals surface area contributed by atoms with E-state index < -0.39 is 11.3 Å². The topological polar surface area (TPSA) is 60.2 Å². The number of benzene rings is 2. The Balaban J connectivity index is 2.16. The third-order valence-electron chi connectivity index (χ3n) is 4.89. The molecule has 23 heavy (non-hydrogen) atoms. The Kier molecular flexibility index (Phi) is 4.24. The highest BCUT2D eigenvalue weighted by Crippen LogP contribution is 2.48. The molecule has 4 nitrogen and oxygen atoms in total. The van der Waals surface area contributed by atoms with Crippen LogP contribution in [0.15, 0.2) is 60.7 Å². The molecule has 1 saturated carbocycles. The number of rotatable bonds is 5. The average molecular weight is 309 g/mol. The molecule has 0 aromatic heterocycles. The van der Waals surface area contributed by atoms with Gasteiger partial charge in [0.15, 0.2) is 0 Å². The summed E-state index contributed by atoms with van der Waals surface area (Å²) in [6.07, 6.45) is 1.95. The second-order valence-corrected chi connectivity index (χ2v) is 6.09. The smallest absolute Gasteiger partial charge is 0.211 e. The van der Waals surface area contributed by atoms with Gasteiger partial charge in [0.1, 0.15) is 5.78 Å². The second kappa shape index (κ2) is 6.32. The third-order valence-corrected chi connectivity index (χ3v) is 4.89. The Labute approximate surface area is 135 Å². The number of nitrogens with zero attached hydrogens (tertiary/aromatic N) is 1. The van der Waals surface area contributed by atoms with Crippen molar-refractivity contribution in [3.63, 3.8) is 0 Å². The van der Waals surface area contributed by atoms with Crippen LogP contribution < -0.4 is 0 Å². The molecule has 0 N–H and O–H groups in total. The van der Waals surface area contributed by atoms with Crippen LogP contribution in [0.4, 0.5) is 0 Å². The van der Waals surface area contributed by atoms with E-state index in [4.69, 9.17) is 0 Å². The Morgan fingerprint density at radius 2 is 1.65 bits per heavy atom. The molecule has 0 heterocycles. The van der Waals surface area contributed by atoms with Crippen LogP contribution in [-0.4, -0.2) is 17.3 Å². The first-order chi connectivity index (χ1) is 11.1. The zero-order valence-corrected chi connectivity index (χ0v) is 12.9. The van der Waals surface area contributed by atoms with E-state index in [2.05, 4.69) is 0 Å². The van der Waals surface area contributed by atoms with Crippen molar-refractivity contribution in [3.05, 3.63) is 81.9 Å². The Bertz CT molecular complexity index is 699. The molecule has 0 saturated heterocycles. The number of hydrogen-bond donors (Lipinski definition) is 0. The molecule has 1 aliphatic carbocycles. The SMILES string of the molecule is O=C1CCC[C@@]1(c1ccccc1)[C@@H](C[N+](=O)[O-])c1ccccc1. The molecule has 3 rings (SSSR count). The number of ketones is 1. The van der Waals surface area contributed by atoms with E-state index in [1.807, 2.05) is 60.7 Å². The molecule has 4 heteroatoms. The Morgan fingerprint density at radius 3 is 2.17 bits per heavy atom. The summed E-state index contributed by atoms with van der Waals surface area (Å²) in [5.74, 6) is -0.310. The minimum Gasteiger partial charge on any atom is -0.299 e. The minimum atomic E-state index is -0.782. The fourth-order valence-corrected chi connectivity index (χ4v) is 3.88. The van der Waals surface area contributed by atoms with Crippen molar-refractivity contribution in [3.8, 4) is 0 Å². The first-order valence-electron chi connectivity index (χ1n) is 7.90. The van der Waals surface area contributed by atoms with Crippen LogP contribution in [0.5, 0.6) is 0 Å². The van der Waals surface area contributed by atoms with Gasteiger partial charge in [0.2, 0.25) is 6.54 Å². The minimum absolute atomic E-state index is 0.124. The molecule has 2 atom stereocenters. The van der Waals surface area contributed by atoms with Crippen LogP contribution in [0.1, 0.15) is 36.3 Å². The zero-order valence-electron chi connectivity index (χ0n) is 12.9. The molecule has 1 fully saturated rings. The van der Waals surface area contributed by atoms with Crippen molar-refractivity contribution in [1.82, 2.24) is 0 Å². The van der Waals surface area contributed by atoms with Gasteiger partial charge < -0.3 is 0 Å². The van der Waals surface area contributed by atoms with Gasteiger partial charge in [0.25, 0.3) is 0 Å². The van der Waals surface area contributed by atoms with Crippen LogP contribution in [0.25, 0.3) is 0 Å². The summed E-state index contributed by atoms with van der Waals surface area (Å²) in [6.45, 7) is -0.232. The summed E-state index contributed by atoms with van der Waals surface area (Å²) in [6, 6.07) is 19.0. The molecule has 0 aliphatic heterocycles. The van der Waals surface area contributed by atoms with E-state index in [9.17, 15) is 14.9 Å². The Morgan fingerprint density at radius 1 is 1.04 bits per heavy atom. The fourth-order valence-electron chi connectivity index (χ4n) is 3.88. The van der Waals surface area contributed by atoms with Gasteiger partial charge in [-0.05, 0) is 24.0 Å². The molecule has 2 aromatic rings. The monoisotopic (exact) mass is 309 g/mol. The predicted molar refractivity (Wildman–Crippen MR) is 88.0 cm³/mol. The Hall–Kier alpha value is -2.49. The van der Waals surface area contributed by atoms with Gasteiger partial charge in [-0.25, -0.2) is 0 Å². The van der Waals surface area contributed by atoms with Gasteiger partial charge in [0.05, 0.1) is 11.3 Å². The van der Waals surface area contributed by atoms with E-state index in [0.29, 0.717) is 12.8 Å². The van der Waals surface area contributed by atoms with Crippen molar-refractivity contribution in [2.45, 2.75) is 30.6 Å². The number of hydrogen-bond acceptors (Lipinski definition) is 3. The molecule has 0 radical (unpaired) electrons. The normalized spacial score (nSPS) is 22.0. The van der Waals surface area contributed by atoms with Crippen molar-refractivity contribution in [2.75, 3.05) is 6.54 Å². The molecule has 0 bridgehead atoms. The molecule has 118 valence electrons. The van der Waals surface area contributed by atoms with Crippen LogP contribution in [0, 0.1) is 10.1 Å². The van der Waals surface area contributed by atoms with Gasteiger partial charge in [-0.15, -0.1) is 0 Å². The van der Waals surface area contributed by atoms with Gasteiger partial charge >= 0.3 is 0 Å². The lowest BCUT2D eigenvalue weighted by Gasteiger charge is -2.35. The summed E-state index contributed by atoms with van der Waals surface area (Å²) in [5, 5.41) is 11.3. The third kappa shape index (κ3) is 2.77. The van der Waals surface area contributed by atoms with Crippen molar-refractivity contribution >= 4 is 5.78 Å². The van der Waals surface area contributed by atoms with E-state index in [0.717, 1.165) is 17.5 Å². The molecule has 0 unspecified atom stereocenters. The molecule has 1 aliphatic rings. The lowest BCUT2D eigenvalue weighted by Crippen LogP contribution is -2.41. The first-order valence-corrected chi connectivity index (χ1v) is 7.90. The van der Waals surface area contributed by atoms with Crippen LogP contribution in [-0.2, 0) is 10.2 Å². The lowest BCUT2D eigenvalue weighted by molar-refractivity contribution is -0.485. The lowest BCUT2D eigenvalue weighted by atomic mass is 9.65. The number of nitro groups is 1. The van der Waals surface area contributed by atoms with Gasteiger partial charge in [-0.1, -0.05) is 60.7 Å². The van der Waals surface area contributed by atoms with Crippen molar-refractivity contribution in [2.24, 2.45) is 0 Å². The molecular formula is C19H19NO3. The number of Topliss-reactive ketones (excluding diaryl/α,β-unsaturated/α-hetero) is 1. The second-order valence-electron chi connectivity index (χ2n) is 6.09. The maximum absolute atomic E-state index is 12.9. The maximum atomic E-state index is 12.9. The van der Waals surface area contributed by atoms with Crippen molar-refractivity contribution in [1.29, 1.82) is 0 Å². The highest BCUT2D eigenvalue weighted by Gasteiger charge is 2.51. The number of carbonyl (C=O) groups is 1. The largest absolute Gasteiger partial charge is 0.299 e. The van der Waals surface area contributed by atoms with E-state index in [1.165, 1.54) is 0 Å². The standard InChI is InChI=1S/C19H19NO3/c21-18-12-7-13-19(18,16-10-5-2-6-11-16)17(14-20(22)23)15-8-3-1-4-9-15/h1-6,8-11,17H,7,12-14H2/t17-,19+/m0/s1. The summed E-state index contributed by atoms with van der Waals surface area (Å²) in [5.41, 5.74) is 0.983. The van der Waals surface area contributed by atoms with E-state index in [-0.39, 0.29) is 17.3 Å². The molecule has 2 aromatic carbocycles. The van der Waals surface area contributed by atoms with E-state index in [1.54, 1.807) is 0 Å². The average Bonchev–Trinajstić information content (AvgIpc) is 2.96. The highest BCUT2D eigenvalue weighted by molar-refractivity contribution is 5.93. The summed E-state index contributed by atoms with van der Waals surface area (Å²) < 4.78 is 0. The van der Waals surface area contributed by atoms with E-state index >= 15 is 0 Å². The quantitative estimate of drug-likeness (QED) is 0.624. The molecule has 0 spiro atoms. The van der Waals surface area contributed by atoms with Gasteiger partial charge in [-0.3, -0.25) is 14.9 Å². The predicted octanol–water partition coefficient (Wildman–Crippen LogP) is 3.74.